The molecule has 2 nitrogen and oxygen atoms in total. The summed E-state index contributed by atoms with van der Waals surface area (Å²) in [6, 6.07) is 0. The van der Waals surface area contributed by atoms with Gasteiger partial charge in [0.2, 0.25) is 0 Å². The molecule has 0 aromatic carbocycles. The number of piperidine rings is 1. The van der Waals surface area contributed by atoms with E-state index in [0.717, 1.165) is 12.5 Å². The molecular weight excluding hydrogens is 148 g/mol. The molecule has 1 saturated carbocycles. The highest BCUT2D eigenvalue weighted by Gasteiger charge is 2.40. The van der Waals surface area contributed by atoms with Crippen LogP contribution in [-0.4, -0.2) is 18.6 Å². The van der Waals surface area contributed by atoms with Crippen molar-refractivity contribution in [1.82, 2.24) is 5.32 Å². The summed E-state index contributed by atoms with van der Waals surface area (Å²) in [5.74, 6) is 0.891. The minimum absolute atomic E-state index is 0.344. The van der Waals surface area contributed by atoms with Crippen LogP contribution in [0.4, 0.5) is 0 Å². The van der Waals surface area contributed by atoms with E-state index < -0.39 is 0 Å². The molecule has 1 aliphatic heterocycles. The Morgan fingerprint density at radius 2 is 2.08 bits per heavy atom. The van der Waals surface area contributed by atoms with Crippen LogP contribution < -0.4 is 11.1 Å². The fourth-order valence-electron chi connectivity index (χ4n) is 2.64. The fraction of sp³-hybridized carbons (Fsp3) is 1.00. The van der Waals surface area contributed by atoms with Crippen molar-refractivity contribution in [2.24, 2.45) is 11.7 Å². The first-order valence-corrected chi connectivity index (χ1v) is 5.32. The Hall–Kier alpha value is -0.0800. The molecule has 0 aromatic rings. The Labute approximate surface area is 74.9 Å². The minimum atomic E-state index is 0.344. The maximum atomic E-state index is 5.89. The second-order valence-electron chi connectivity index (χ2n) is 4.37. The molecule has 2 heteroatoms. The summed E-state index contributed by atoms with van der Waals surface area (Å²) in [5, 5.41) is 3.66. The molecule has 2 aliphatic rings. The van der Waals surface area contributed by atoms with E-state index in [0.29, 0.717) is 5.54 Å². The van der Waals surface area contributed by atoms with Crippen LogP contribution in [0.25, 0.3) is 0 Å². The Balaban J connectivity index is 2.00. The van der Waals surface area contributed by atoms with Gasteiger partial charge in [0.05, 0.1) is 0 Å². The van der Waals surface area contributed by atoms with Gasteiger partial charge in [-0.1, -0.05) is 12.8 Å². The second kappa shape index (κ2) is 3.35. The first-order chi connectivity index (χ1) is 5.87. The lowest BCUT2D eigenvalue weighted by Gasteiger charge is -2.48. The van der Waals surface area contributed by atoms with E-state index in [2.05, 4.69) is 5.32 Å². The maximum Gasteiger partial charge on any atom is 0.0332 e. The third-order valence-electron chi connectivity index (χ3n) is 3.78. The predicted molar refractivity (Wildman–Crippen MR) is 51.0 cm³/mol. The largest absolute Gasteiger partial charge is 0.329 e. The van der Waals surface area contributed by atoms with Crippen LogP contribution in [0.1, 0.15) is 38.5 Å². The Morgan fingerprint density at radius 3 is 2.50 bits per heavy atom. The van der Waals surface area contributed by atoms with Crippen LogP contribution in [0, 0.1) is 5.92 Å². The third-order valence-corrected chi connectivity index (χ3v) is 3.78. The molecule has 1 unspecified atom stereocenters. The van der Waals surface area contributed by atoms with Crippen LogP contribution in [0.5, 0.6) is 0 Å². The van der Waals surface area contributed by atoms with Gasteiger partial charge in [-0.15, -0.1) is 0 Å². The van der Waals surface area contributed by atoms with Gasteiger partial charge in [0.15, 0.2) is 0 Å². The zero-order chi connectivity index (χ0) is 8.44. The lowest BCUT2D eigenvalue weighted by molar-refractivity contribution is 0.103. The average molecular weight is 168 g/mol. The summed E-state index contributed by atoms with van der Waals surface area (Å²) in [4.78, 5) is 0. The summed E-state index contributed by atoms with van der Waals surface area (Å²) in [7, 11) is 0. The highest BCUT2D eigenvalue weighted by Crippen LogP contribution is 2.39. The molecule has 3 N–H and O–H groups in total. The zero-order valence-corrected chi connectivity index (χ0v) is 7.81. The van der Waals surface area contributed by atoms with E-state index in [9.17, 15) is 0 Å². The van der Waals surface area contributed by atoms with Crippen molar-refractivity contribution >= 4 is 0 Å². The van der Waals surface area contributed by atoms with E-state index in [1.54, 1.807) is 0 Å². The van der Waals surface area contributed by atoms with Crippen molar-refractivity contribution in [1.29, 1.82) is 0 Å². The molecule has 0 amide bonds. The molecule has 1 saturated heterocycles. The molecule has 0 radical (unpaired) electrons. The fourth-order valence-corrected chi connectivity index (χ4v) is 2.64. The molecule has 2 fully saturated rings. The van der Waals surface area contributed by atoms with E-state index in [1.807, 2.05) is 0 Å². The number of rotatable bonds is 2. The number of nitrogens with one attached hydrogen (secondary N) is 1. The minimum Gasteiger partial charge on any atom is -0.329 e. The Bertz CT molecular complexity index is 146. The molecule has 1 atom stereocenters. The standard InChI is InChI=1S/C10H20N2/c11-8-10(9-4-3-5-9)6-1-2-7-12-10/h9,12H,1-8,11H2. The van der Waals surface area contributed by atoms with Gasteiger partial charge in [0.25, 0.3) is 0 Å². The quantitative estimate of drug-likeness (QED) is 0.651. The van der Waals surface area contributed by atoms with E-state index >= 15 is 0 Å². The molecule has 2 rings (SSSR count). The normalized spacial score (nSPS) is 37.8. The van der Waals surface area contributed by atoms with Crippen LogP contribution in [-0.2, 0) is 0 Å². The van der Waals surface area contributed by atoms with Crippen molar-refractivity contribution in [2.75, 3.05) is 13.1 Å². The Kier molecular flexibility index (Phi) is 2.37. The SMILES string of the molecule is NCC1(C2CCC2)CCCCN1. The molecule has 0 spiro atoms. The van der Waals surface area contributed by atoms with Crippen LogP contribution >= 0.6 is 0 Å². The molecule has 0 bridgehead atoms. The van der Waals surface area contributed by atoms with Gasteiger partial charge >= 0.3 is 0 Å². The van der Waals surface area contributed by atoms with Gasteiger partial charge in [-0.2, -0.15) is 0 Å². The van der Waals surface area contributed by atoms with Crippen molar-refractivity contribution in [2.45, 2.75) is 44.1 Å². The average Bonchev–Trinajstić information content (AvgIpc) is 2.03. The summed E-state index contributed by atoms with van der Waals surface area (Å²) >= 11 is 0. The van der Waals surface area contributed by atoms with E-state index in [1.165, 1.54) is 45.1 Å². The lowest BCUT2D eigenvalue weighted by Crippen LogP contribution is -2.60. The highest BCUT2D eigenvalue weighted by molar-refractivity contribution is 5.00. The van der Waals surface area contributed by atoms with Crippen molar-refractivity contribution < 1.29 is 0 Å². The number of hydrogen-bond acceptors (Lipinski definition) is 2. The van der Waals surface area contributed by atoms with Crippen molar-refractivity contribution in [3.8, 4) is 0 Å². The third kappa shape index (κ3) is 1.27. The lowest BCUT2D eigenvalue weighted by atomic mass is 9.67. The van der Waals surface area contributed by atoms with Crippen molar-refractivity contribution in [3.05, 3.63) is 0 Å². The number of nitrogens with two attached hydrogens (primary N) is 1. The second-order valence-corrected chi connectivity index (χ2v) is 4.37. The summed E-state index contributed by atoms with van der Waals surface area (Å²) in [5.41, 5.74) is 6.23. The van der Waals surface area contributed by atoms with Gasteiger partial charge in [0, 0.05) is 12.1 Å². The maximum absolute atomic E-state index is 5.89. The van der Waals surface area contributed by atoms with Gasteiger partial charge in [-0.25, -0.2) is 0 Å². The molecule has 70 valence electrons. The molecule has 1 aliphatic carbocycles. The summed E-state index contributed by atoms with van der Waals surface area (Å²) in [6.45, 7) is 2.03. The molecule has 12 heavy (non-hydrogen) atoms. The summed E-state index contributed by atoms with van der Waals surface area (Å²) < 4.78 is 0. The van der Waals surface area contributed by atoms with Crippen LogP contribution in [0.15, 0.2) is 0 Å². The monoisotopic (exact) mass is 168 g/mol. The highest BCUT2D eigenvalue weighted by atomic mass is 15.0. The van der Waals surface area contributed by atoms with Gasteiger partial charge in [-0.05, 0) is 38.1 Å². The van der Waals surface area contributed by atoms with E-state index in [-0.39, 0.29) is 0 Å². The topological polar surface area (TPSA) is 38.0 Å². The van der Waals surface area contributed by atoms with Gasteiger partial charge < -0.3 is 11.1 Å². The molecular formula is C10H20N2. The van der Waals surface area contributed by atoms with Gasteiger partial charge in [-0.3, -0.25) is 0 Å². The molecule has 1 heterocycles. The van der Waals surface area contributed by atoms with Gasteiger partial charge in [0.1, 0.15) is 0 Å². The summed E-state index contributed by atoms with van der Waals surface area (Å²) in [6.07, 6.45) is 8.27. The number of hydrogen-bond donors (Lipinski definition) is 2. The van der Waals surface area contributed by atoms with Crippen molar-refractivity contribution in [3.63, 3.8) is 0 Å². The Morgan fingerprint density at radius 1 is 1.25 bits per heavy atom. The smallest absolute Gasteiger partial charge is 0.0332 e. The molecule has 0 aromatic heterocycles. The van der Waals surface area contributed by atoms with Crippen LogP contribution in [0.3, 0.4) is 0 Å². The van der Waals surface area contributed by atoms with Crippen LogP contribution in [0.2, 0.25) is 0 Å². The first kappa shape index (κ1) is 8.52. The first-order valence-electron chi connectivity index (χ1n) is 5.32. The zero-order valence-electron chi connectivity index (χ0n) is 7.81. The van der Waals surface area contributed by atoms with E-state index in [4.69, 9.17) is 5.73 Å². The predicted octanol–water partition coefficient (Wildman–Crippen LogP) is 1.26.